The van der Waals surface area contributed by atoms with Crippen molar-refractivity contribution in [3.63, 3.8) is 0 Å². The number of benzene rings is 1. The first-order valence-corrected chi connectivity index (χ1v) is 6.43. The Balaban J connectivity index is 2.75. The lowest BCUT2D eigenvalue weighted by molar-refractivity contribution is 0.289. The summed E-state index contributed by atoms with van der Waals surface area (Å²) in [5, 5.41) is 0. The Morgan fingerprint density at radius 2 is 2.19 bits per heavy atom. The third kappa shape index (κ3) is 4.10. The molecule has 0 amide bonds. The lowest BCUT2D eigenvalue weighted by Crippen LogP contribution is -2.12. The average molecular weight is 302 g/mol. The molecule has 0 radical (unpaired) electrons. The van der Waals surface area contributed by atoms with Crippen LogP contribution in [-0.4, -0.2) is 11.6 Å². The van der Waals surface area contributed by atoms with Gasteiger partial charge in [0.15, 0.2) is 0 Å². The van der Waals surface area contributed by atoms with Crippen molar-refractivity contribution in [3.8, 4) is 5.75 Å². The van der Waals surface area contributed by atoms with Gasteiger partial charge in [-0.15, -0.1) is 0 Å². The highest BCUT2D eigenvalue weighted by Gasteiger charge is 2.07. The molecule has 0 aromatic heterocycles. The lowest BCUT2D eigenvalue weighted by atomic mass is 10.1. The Hall–Kier alpha value is -0.610. The minimum Gasteiger partial charge on any atom is -0.493 e. The molecule has 1 rings (SSSR count). The van der Waals surface area contributed by atoms with Gasteiger partial charge < -0.3 is 10.5 Å². The molecule has 2 nitrogen and oxygen atoms in total. The molecular weight excluding hydrogens is 286 g/mol. The number of ether oxygens (including phenoxy) is 1. The molecule has 1 aromatic rings. The molecule has 0 spiro atoms. The van der Waals surface area contributed by atoms with Gasteiger partial charge in [-0.25, -0.2) is 0 Å². The van der Waals surface area contributed by atoms with Gasteiger partial charge in [0.2, 0.25) is 0 Å². The summed E-state index contributed by atoms with van der Waals surface area (Å²) in [6.07, 6.45) is 1.02. The molecule has 0 bridgehead atoms. The fourth-order valence-corrected chi connectivity index (χ4v) is 1.75. The second kappa shape index (κ2) is 6.21. The van der Waals surface area contributed by atoms with E-state index >= 15 is 0 Å². The van der Waals surface area contributed by atoms with Crippen molar-refractivity contribution in [1.82, 2.24) is 0 Å². The van der Waals surface area contributed by atoms with Crippen molar-refractivity contribution in [2.45, 2.75) is 20.3 Å². The van der Waals surface area contributed by atoms with Gasteiger partial charge in [0, 0.05) is 4.47 Å². The molecule has 0 aliphatic heterocycles. The minimum absolute atomic E-state index is 0.362. The highest BCUT2D eigenvalue weighted by Crippen LogP contribution is 2.23. The minimum atomic E-state index is 0.362. The maximum absolute atomic E-state index is 5.68. The zero-order chi connectivity index (χ0) is 12.1. The Labute approximate surface area is 110 Å². The number of thiocarbonyl (C=S) groups is 1. The highest BCUT2D eigenvalue weighted by atomic mass is 79.9. The van der Waals surface area contributed by atoms with Crippen LogP contribution in [0.2, 0.25) is 0 Å². The van der Waals surface area contributed by atoms with E-state index in [9.17, 15) is 0 Å². The van der Waals surface area contributed by atoms with Crippen LogP contribution in [0.15, 0.2) is 22.7 Å². The molecule has 0 atom stereocenters. The maximum atomic E-state index is 5.68. The van der Waals surface area contributed by atoms with Crippen molar-refractivity contribution in [2.75, 3.05) is 6.61 Å². The van der Waals surface area contributed by atoms with E-state index in [0.29, 0.717) is 17.5 Å². The van der Waals surface area contributed by atoms with Crippen molar-refractivity contribution in [1.29, 1.82) is 0 Å². The third-order valence-corrected chi connectivity index (χ3v) is 2.87. The molecule has 0 fully saturated rings. The predicted octanol–water partition coefficient (Wildman–Crippen LogP) is 3.51. The van der Waals surface area contributed by atoms with Crippen LogP contribution in [0.3, 0.4) is 0 Å². The monoisotopic (exact) mass is 301 g/mol. The Morgan fingerprint density at radius 1 is 1.50 bits per heavy atom. The number of hydrogen-bond donors (Lipinski definition) is 1. The van der Waals surface area contributed by atoms with E-state index in [2.05, 4.69) is 29.8 Å². The molecule has 88 valence electrons. The van der Waals surface area contributed by atoms with Gasteiger partial charge in [0.25, 0.3) is 0 Å². The summed E-state index contributed by atoms with van der Waals surface area (Å²) >= 11 is 8.37. The normalized spacial score (nSPS) is 10.5. The van der Waals surface area contributed by atoms with E-state index in [4.69, 9.17) is 22.7 Å². The first-order valence-electron chi connectivity index (χ1n) is 5.23. The van der Waals surface area contributed by atoms with Crippen LogP contribution in [0.5, 0.6) is 5.75 Å². The summed E-state index contributed by atoms with van der Waals surface area (Å²) in [5.41, 5.74) is 6.43. The Bertz CT molecular complexity index is 379. The third-order valence-electron chi connectivity index (χ3n) is 2.16. The quantitative estimate of drug-likeness (QED) is 0.845. The van der Waals surface area contributed by atoms with E-state index in [1.54, 1.807) is 0 Å². The van der Waals surface area contributed by atoms with Crippen LogP contribution < -0.4 is 10.5 Å². The van der Waals surface area contributed by atoms with Gasteiger partial charge >= 0.3 is 0 Å². The Kier molecular flexibility index (Phi) is 5.22. The Morgan fingerprint density at radius 3 is 2.75 bits per heavy atom. The molecular formula is C12H16BrNOS. The van der Waals surface area contributed by atoms with Crippen LogP contribution >= 0.6 is 28.1 Å². The van der Waals surface area contributed by atoms with Crippen LogP contribution in [0.1, 0.15) is 25.8 Å². The second-order valence-electron chi connectivity index (χ2n) is 4.04. The van der Waals surface area contributed by atoms with Crippen molar-refractivity contribution >= 4 is 33.1 Å². The molecule has 2 N–H and O–H groups in total. The fourth-order valence-electron chi connectivity index (χ4n) is 1.23. The molecule has 4 heteroatoms. The summed E-state index contributed by atoms with van der Waals surface area (Å²) in [4.78, 5) is 0.362. The highest BCUT2D eigenvalue weighted by molar-refractivity contribution is 9.10. The van der Waals surface area contributed by atoms with Gasteiger partial charge in [-0.3, -0.25) is 0 Å². The first-order chi connectivity index (χ1) is 7.50. The van der Waals surface area contributed by atoms with Gasteiger partial charge in [0.1, 0.15) is 10.7 Å². The summed E-state index contributed by atoms with van der Waals surface area (Å²) in [7, 11) is 0. The number of nitrogens with two attached hydrogens (primary N) is 1. The van der Waals surface area contributed by atoms with Gasteiger partial charge in [-0.1, -0.05) is 42.0 Å². The van der Waals surface area contributed by atoms with Crippen molar-refractivity contribution in [2.24, 2.45) is 11.7 Å². The van der Waals surface area contributed by atoms with Gasteiger partial charge in [-0.05, 0) is 30.5 Å². The largest absolute Gasteiger partial charge is 0.493 e. The first kappa shape index (κ1) is 13.5. The molecule has 0 unspecified atom stereocenters. The topological polar surface area (TPSA) is 35.2 Å². The van der Waals surface area contributed by atoms with Crippen molar-refractivity contribution in [3.05, 3.63) is 28.2 Å². The van der Waals surface area contributed by atoms with E-state index in [1.165, 1.54) is 0 Å². The molecule has 16 heavy (non-hydrogen) atoms. The zero-order valence-corrected chi connectivity index (χ0v) is 11.9. The number of rotatable bonds is 5. The summed E-state index contributed by atoms with van der Waals surface area (Å²) < 4.78 is 6.63. The standard InChI is InChI=1S/C12H16BrNOS/c1-8(2)5-6-15-11-4-3-9(13)7-10(11)12(14)16/h3-4,7-8H,5-6H2,1-2H3,(H2,14,16). The summed E-state index contributed by atoms with van der Waals surface area (Å²) in [6.45, 7) is 5.02. The van der Waals surface area contributed by atoms with E-state index in [0.717, 1.165) is 22.2 Å². The number of hydrogen-bond acceptors (Lipinski definition) is 2. The number of halogens is 1. The molecule has 0 aliphatic rings. The second-order valence-corrected chi connectivity index (χ2v) is 5.39. The van der Waals surface area contributed by atoms with Gasteiger partial charge in [-0.2, -0.15) is 0 Å². The van der Waals surface area contributed by atoms with Crippen LogP contribution in [0, 0.1) is 5.92 Å². The summed E-state index contributed by atoms with van der Waals surface area (Å²) in [6, 6.07) is 5.69. The molecule has 0 heterocycles. The molecule has 1 aromatic carbocycles. The lowest BCUT2D eigenvalue weighted by Gasteiger charge is -2.12. The zero-order valence-electron chi connectivity index (χ0n) is 9.50. The van der Waals surface area contributed by atoms with Crippen LogP contribution in [-0.2, 0) is 0 Å². The van der Waals surface area contributed by atoms with Gasteiger partial charge in [0.05, 0.1) is 12.2 Å². The molecule has 0 saturated carbocycles. The SMILES string of the molecule is CC(C)CCOc1ccc(Br)cc1C(N)=S. The molecule has 0 saturated heterocycles. The summed E-state index contributed by atoms with van der Waals surface area (Å²) in [5.74, 6) is 1.39. The van der Waals surface area contributed by atoms with E-state index in [1.807, 2.05) is 18.2 Å². The predicted molar refractivity (Wildman–Crippen MR) is 75.0 cm³/mol. The smallest absolute Gasteiger partial charge is 0.129 e. The van der Waals surface area contributed by atoms with E-state index < -0.39 is 0 Å². The van der Waals surface area contributed by atoms with Crippen molar-refractivity contribution < 1.29 is 4.74 Å². The molecule has 0 aliphatic carbocycles. The average Bonchev–Trinajstić information content (AvgIpc) is 2.19. The maximum Gasteiger partial charge on any atom is 0.129 e. The fraction of sp³-hybridized carbons (Fsp3) is 0.417. The van der Waals surface area contributed by atoms with Crippen LogP contribution in [0.4, 0.5) is 0 Å². The van der Waals surface area contributed by atoms with Crippen LogP contribution in [0.25, 0.3) is 0 Å². The van der Waals surface area contributed by atoms with E-state index in [-0.39, 0.29) is 0 Å².